The zero-order chi connectivity index (χ0) is 33.3. The fourth-order valence-electron chi connectivity index (χ4n) is 9.30. The van der Waals surface area contributed by atoms with E-state index in [-0.39, 0.29) is 10.8 Å². The van der Waals surface area contributed by atoms with Crippen LogP contribution in [0.15, 0.2) is 133 Å². The highest BCUT2D eigenvalue weighted by molar-refractivity contribution is 5.88. The first-order chi connectivity index (χ1) is 23.8. The summed E-state index contributed by atoms with van der Waals surface area (Å²) in [5.74, 6) is 0.730. The van der Waals surface area contributed by atoms with E-state index in [1.807, 2.05) is 0 Å². The van der Waals surface area contributed by atoms with Crippen molar-refractivity contribution in [2.45, 2.75) is 76.5 Å². The van der Waals surface area contributed by atoms with Gasteiger partial charge in [0.25, 0.3) is 0 Å². The Bertz CT molecular complexity index is 2090. The summed E-state index contributed by atoms with van der Waals surface area (Å²) in [6.45, 7) is 9.48. The van der Waals surface area contributed by atoms with E-state index in [1.165, 1.54) is 110 Å². The molecular formula is C48H45N. The maximum Gasteiger partial charge on any atom is 0.0465 e. The van der Waals surface area contributed by atoms with Gasteiger partial charge in [0.15, 0.2) is 0 Å². The van der Waals surface area contributed by atoms with E-state index in [4.69, 9.17) is 0 Å². The number of anilines is 3. The Balaban J connectivity index is 1.13. The minimum Gasteiger partial charge on any atom is -0.310 e. The fraction of sp³-hybridized carbons (Fsp3) is 0.250. The maximum atomic E-state index is 2.47. The quantitative estimate of drug-likeness (QED) is 0.182. The molecule has 0 aromatic heterocycles. The van der Waals surface area contributed by atoms with E-state index < -0.39 is 0 Å². The van der Waals surface area contributed by atoms with Crippen LogP contribution in [-0.2, 0) is 10.8 Å². The van der Waals surface area contributed by atoms with Crippen LogP contribution in [0.1, 0.15) is 93.5 Å². The second-order valence-electron chi connectivity index (χ2n) is 15.6. The second-order valence-corrected chi connectivity index (χ2v) is 15.6. The van der Waals surface area contributed by atoms with Gasteiger partial charge in [-0.3, -0.25) is 0 Å². The Labute approximate surface area is 292 Å². The minimum absolute atomic E-state index is 0.0666. The number of rotatable bonds is 5. The van der Waals surface area contributed by atoms with Crippen LogP contribution in [0, 0.1) is 0 Å². The highest BCUT2D eigenvalue weighted by Crippen LogP contribution is 2.53. The number of hydrogen-bond acceptors (Lipinski definition) is 1. The molecule has 1 heteroatoms. The average Bonchev–Trinajstić information content (AvgIpc) is 3.52. The summed E-state index contributed by atoms with van der Waals surface area (Å²) in [6, 6.07) is 50.7. The SMILES string of the molecule is CC1(C)c2ccccc2-c2ccc(N(c3ccc(-c4ccc(C5CCCCC5)cc4)cc3)c3ccc4c(c3)C(C)(C)c3ccccc3-4)cc21. The van der Waals surface area contributed by atoms with Crippen molar-refractivity contribution in [1.82, 2.24) is 0 Å². The second kappa shape index (κ2) is 11.3. The summed E-state index contributed by atoms with van der Waals surface area (Å²) in [6.07, 6.45) is 6.80. The van der Waals surface area contributed by atoms with Crippen LogP contribution in [0.5, 0.6) is 0 Å². The number of benzene rings is 6. The third-order valence-corrected chi connectivity index (χ3v) is 12.1. The summed E-state index contributed by atoms with van der Waals surface area (Å²) >= 11 is 0. The van der Waals surface area contributed by atoms with Gasteiger partial charge in [-0.2, -0.15) is 0 Å². The van der Waals surface area contributed by atoms with Crippen molar-refractivity contribution in [2.75, 3.05) is 4.90 Å². The molecule has 9 rings (SSSR count). The van der Waals surface area contributed by atoms with E-state index in [0.717, 1.165) is 5.92 Å². The first-order valence-corrected chi connectivity index (χ1v) is 18.3. The standard InChI is InChI=1S/C48H45N/c1-47(2)43-16-10-8-14-39(43)41-28-26-37(30-45(41)47)49(38-27-29-42-40-15-9-11-17-44(40)48(3,4)46(42)31-38)36-24-22-35(23-25-36)34-20-18-33(19-21-34)32-12-6-5-7-13-32/h8-11,14-32H,5-7,12-13H2,1-4H3. The maximum absolute atomic E-state index is 2.47. The lowest BCUT2D eigenvalue weighted by atomic mass is 9.82. The van der Waals surface area contributed by atoms with E-state index in [0.29, 0.717) is 0 Å². The lowest BCUT2D eigenvalue weighted by Crippen LogP contribution is -2.18. The number of fused-ring (bicyclic) bond motifs is 6. The van der Waals surface area contributed by atoms with Gasteiger partial charge in [-0.15, -0.1) is 0 Å². The van der Waals surface area contributed by atoms with Crippen LogP contribution >= 0.6 is 0 Å². The van der Waals surface area contributed by atoms with Crippen LogP contribution in [0.25, 0.3) is 33.4 Å². The summed E-state index contributed by atoms with van der Waals surface area (Å²) in [5, 5.41) is 0. The Morgan fingerprint density at radius 3 is 1.37 bits per heavy atom. The largest absolute Gasteiger partial charge is 0.310 e. The predicted molar refractivity (Wildman–Crippen MR) is 208 cm³/mol. The fourth-order valence-corrected chi connectivity index (χ4v) is 9.30. The van der Waals surface area contributed by atoms with Crippen molar-refractivity contribution < 1.29 is 0 Å². The lowest BCUT2D eigenvalue weighted by molar-refractivity contribution is 0.443. The van der Waals surface area contributed by atoms with Crippen LogP contribution in [-0.4, -0.2) is 0 Å². The van der Waals surface area contributed by atoms with Crippen molar-refractivity contribution in [3.05, 3.63) is 161 Å². The highest BCUT2D eigenvalue weighted by Gasteiger charge is 2.37. The van der Waals surface area contributed by atoms with Crippen LogP contribution < -0.4 is 4.90 Å². The van der Waals surface area contributed by atoms with E-state index in [1.54, 1.807) is 0 Å². The van der Waals surface area contributed by atoms with Gasteiger partial charge in [0, 0.05) is 27.9 Å². The molecule has 6 aromatic carbocycles. The highest BCUT2D eigenvalue weighted by atomic mass is 15.1. The third-order valence-electron chi connectivity index (χ3n) is 12.1. The Morgan fingerprint density at radius 2 is 0.857 bits per heavy atom. The molecule has 1 nitrogen and oxygen atoms in total. The molecule has 0 spiro atoms. The van der Waals surface area contributed by atoms with Gasteiger partial charge in [0.2, 0.25) is 0 Å². The van der Waals surface area contributed by atoms with Gasteiger partial charge in [-0.1, -0.05) is 144 Å². The molecule has 1 fully saturated rings. The molecule has 6 aromatic rings. The predicted octanol–water partition coefficient (Wildman–Crippen LogP) is 13.5. The molecular weight excluding hydrogens is 591 g/mol. The Hall–Kier alpha value is -4.88. The molecule has 0 atom stereocenters. The number of hydrogen-bond donors (Lipinski definition) is 0. The molecule has 0 heterocycles. The Morgan fingerprint density at radius 1 is 0.429 bits per heavy atom. The topological polar surface area (TPSA) is 3.24 Å². The first kappa shape index (κ1) is 30.2. The van der Waals surface area contributed by atoms with Crippen LogP contribution in [0.2, 0.25) is 0 Å². The van der Waals surface area contributed by atoms with E-state index in [9.17, 15) is 0 Å². The zero-order valence-electron chi connectivity index (χ0n) is 29.3. The molecule has 49 heavy (non-hydrogen) atoms. The Kier molecular flexibility index (Phi) is 6.99. The lowest BCUT2D eigenvalue weighted by Gasteiger charge is -2.30. The first-order valence-electron chi connectivity index (χ1n) is 18.3. The molecule has 3 aliphatic rings. The van der Waals surface area contributed by atoms with Gasteiger partial charge in [-0.25, -0.2) is 0 Å². The summed E-state index contributed by atoms with van der Waals surface area (Å²) in [4.78, 5) is 2.47. The van der Waals surface area contributed by atoms with Gasteiger partial charge in [0.05, 0.1) is 0 Å². The van der Waals surface area contributed by atoms with Crippen molar-refractivity contribution in [3.63, 3.8) is 0 Å². The monoisotopic (exact) mass is 635 g/mol. The van der Waals surface area contributed by atoms with Gasteiger partial charge >= 0.3 is 0 Å². The summed E-state index contributed by atoms with van der Waals surface area (Å²) in [5.41, 5.74) is 18.5. The number of nitrogens with zero attached hydrogens (tertiary/aromatic N) is 1. The van der Waals surface area contributed by atoms with Gasteiger partial charge < -0.3 is 4.90 Å². The van der Waals surface area contributed by atoms with Gasteiger partial charge in [0.1, 0.15) is 0 Å². The smallest absolute Gasteiger partial charge is 0.0465 e. The van der Waals surface area contributed by atoms with Crippen LogP contribution in [0.3, 0.4) is 0 Å². The molecule has 0 unspecified atom stereocenters. The zero-order valence-corrected chi connectivity index (χ0v) is 29.3. The van der Waals surface area contributed by atoms with Crippen molar-refractivity contribution in [1.29, 1.82) is 0 Å². The molecule has 0 radical (unpaired) electrons. The van der Waals surface area contributed by atoms with E-state index in [2.05, 4.69) is 166 Å². The average molecular weight is 636 g/mol. The summed E-state index contributed by atoms with van der Waals surface area (Å²) < 4.78 is 0. The van der Waals surface area contributed by atoms with Gasteiger partial charge in [-0.05, 0) is 116 Å². The molecule has 0 saturated heterocycles. The molecule has 3 aliphatic carbocycles. The molecule has 242 valence electrons. The van der Waals surface area contributed by atoms with E-state index >= 15 is 0 Å². The van der Waals surface area contributed by atoms with Crippen molar-refractivity contribution in [3.8, 4) is 33.4 Å². The molecule has 0 bridgehead atoms. The molecule has 1 saturated carbocycles. The molecule has 0 aliphatic heterocycles. The van der Waals surface area contributed by atoms with Crippen molar-refractivity contribution >= 4 is 17.1 Å². The van der Waals surface area contributed by atoms with Crippen LogP contribution in [0.4, 0.5) is 17.1 Å². The minimum atomic E-state index is -0.0666. The molecule has 0 amide bonds. The third kappa shape index (κ3) is 4.81. The molecule has 0 N–H and O–H groups in total. The normalized spacial score (nSPS) is 16.8. The van der Waals surface area contributed by atoms with Crippen molar-refractivity contribution in [2.24, 2.45) is 0 Å². The summed E-state index contributed by atoms with van der Waals surface area (Å²) in [7, 11) is 0.